The number of aliphatic hydroxyl groups is 1. The number of rotatable bonds is 5. The summed E-state index contributed by atoms with van der Waals surface area (Å²) in [5.41, 5.74) is 2.21. The van der Waals surface area contributed by atoms with Crippen molar-refractivity contribution >= 4 is 0 Å². The summed E-state index contributed by atoms with van der Waals surface area (Å²) >= 11 is 0. The summed E-state index contributed by atoms with van der Waals surface area (Å²) < 4.78 is 2.18. The summed E-state index contributed by atoms with van der Waals surface area (Å²) in [6.07, 6.45) is 6.47. The van der Waals surface area contributed by atoms with Crippen LogP contribution in [0.4, 0.5) is 0 Å². The van der Waals surface area contributed by atoms with E-state index in [9.17, 15) is 0 Å². The van der Waals surface area contributed by atoms with E-state index in [4.69, 9.17) is 5.11 Å². The molecule has 1 heterocycles. The highest BCUT2D eigenvalue weighted by atomic mass is 16.2. The molecule has 0 saturated carbocycles. The first-order valence-electron chi connectivity index (χ1n) is 7.02. The average Bonchev–Trinajstić information content (AvgIpc) is 2.89. The van der Waals surface area contributed by atoms with E-state index in [-0.39, 0.29) is 6.61 Å². The zero-order valence-electron chi connectivity index (χ0n) is 11.8. The van der Waals surface area contributed by atoms with Gasteiger partial charge in [0.2, 0.25) is 0 Å². The van der Waals surface area contributed by atoms with Crippen molar-refractivity contribution in [1.82, 2.24) is 9.55 Å². The first kappa shape index (κ1) is 14.4. The van der Waals surface area contributed by atoms with E-state index in [0.717, 1.165) is 30.8 Å². The Balaban J connectivity index is 2.21. The van der Waals surface area contributed by atoms with E-state index >= 15 is 0 Å². The highest BCUT2D eigenvalue weighted by molar-refractivity contribution is 5.41. The Bertz CT molecular complexity index is 605. The van der Waals surface area contributed by atoms with Crippen molar-refractivity contribution in [2.24, 2.45) is 0 Å². The van der Waals surface area contributed by atoms with Gasteiger partial charge in [-0.15, -0.1) is 0 Å². The average molecular weight is 268 g/mol. The predicted molar refractivity (Wildman–Crippen MR) is 80.3 cm³/mol. The molecule has 0 amide bonds. The fourth-order valence-electron chi connectivity index (χ4n) is 2.11. The molecule has 0 aliphatic carbocycles. The first-order chi connectivity index (χ1) is 9.85. The Labute approximate surface area is 120 Å². The number of aromatic nitrogens is 2. The highest BCUT2D eigenvalue weighted by Gasteiger charge is 2.05. The SMILES string of the molecule is CCCc1nccn1Cc1ccccc1C#CCCO. The molecule has 1 aromatic carbocycles. The Kier molecular flexibility index (Phi) is 5.40. The number of hydrogen-bond acceptors (Lipinski definition) is 2. The van der Waals surface area contributed by atoms with Crippen molar-refractivity contribution < 1.29 is 5.11 Å². The summed E-state index contributed by atoms with van der Waals surface area (Å²) in [4.78, 5) is 4.40. The van der Waals surface area contributed by atoms with Crippen LogP contribution in [0, 0.1) is 11.8 Å². The second-order valence-corrected chi connectivity index (χ2v) is 4.65. The van der Waals surface area contributed by atoms with Crippen LogP contribution >= 0.6 is 0 Å². The van der Waals surface area contributed by atoms with Gasteiger partial charge in [-0.25, -0.2) is 4.98 Å². The molecule has 0 radical (unpaired) electrons. The topological polar surface area (TPSA) is 38.0 Å². The van der Waals surface area contributed by atoms with Gasteiger partial charge in [0, 0.05) is 37.3 Å². The van der Waals surface area contributed by atoms with Crippen LogP contribution < -0.4 is 0 Å². The summed E-state index contributed by atoms with van der Waals surface area (Å²) in [5.74, 6) is 7.24. The number of aliphatic hydroxyl groups excluding tert-OH is 1. The zero-order chi connectivity index (χ0) is 14.2. The third kappa shape index (κ3) is 3.72. The molecule has 3 nitrogen and oxygen atoms in total. The van der Waals surface area contributed by atoms with E-state index < -0.39 is 0 Å². The summed E-state index contributed by atoms with van der Waals surface area (Å²) in [6.45, 7) is 3.06. The smallest absolute Gasteiger partial charge is 0.108 e. The lowest BCUT2D eigenvalue weighted by molar-refractivity contribution is 0.305. The van der Waals surface area contributed by atoms with Crippen LogP contribution in [0.3, 0.4) is 0 Å². The van der Waals surface area contributed by atoms with Gasteiger partial charge in [-0.05, 0) is 18.1 Å². The minimum Gasteiger partial charge on any atom is -0.395 e. The molecule has 0 atom stereocenters. The third-order valence-corrected chi connectivity index (χ3v) is 3.09. The van der Waals surface area contributed by atoms with Gasteiger partial charge in [0.25, 0.3) is 0 Å². The Morgan fingerprint density at radius 1 is 1.30 bits per heavy atom. The van der Waals surface area contributed by atoms with Gasteiger partial charge < -0.3 is 9.67 Å². The van der Waals surface area contributed by atoms with Crippen molar-refractivity contribution in [2.45, 2.75) is 32.7 Å². The lowest BCUT2D eigenvalue weighted by atomic mass is 10.1. The van der Waals surface area contributed by atoms with E-state index in [1.54, 1.807) is 0 Å². The maximum atomic E-state index is 8.80. The molecule has 0 saturated heterocycles. The van der Waals surface area contributed by atoms with Gasteiger partial charge in [0.1, 0.15) is 5.82 Å². The molecule has 0 spiro atoms. The first-order valence-corrected chi connectivity index (χ1v) is 7.02. The van der Waals surface area contributed by atoms with E-state index in [1.165, 1.54) is 5.56 Å². The summed E-state index contributed by atoms with van der Waals surface area (Å²) in [7, 11) is 0. The molecule has 104 valence electrons. The van der Waals surface area contributed by atoms with Gasteiger partial charge in [-0.3, -0.25) is 0 Å². The lowest BCUT2D eigenvalue weighted by Gasteiger charge is -2.09. The zero-order valence-corrected chi connectivity index (χ0v) is 11.8. The van der Waals surface area contributed by atoms with E-state index in [0.29, 0.717) is 6.42 Å². The van der Waals surface area contributed by atoms with Crippen LogP contribution in [0.15, 0.2) is 36.7 Å². The van der Waals surface area contributed by atoms with Crippen molar-refractivity contribution in [2.75, 3.05) is 6.61 Å². The van der Waals surface area contributed by atoms with Crippen molar-refractivity contribution in [1.29, 1.82) is 0 Å². The molecule has 0 aliphatic rings. The molecular formula is C17H20N2O. The lowest BCUT2D eigenvalue weighted by Crippen LogP contribution is -2.05. The molecule has 1 aromatic heterocycles. The third-order valence-electron chi connectivity index (χ3n) is 3.09. The van der Waals surface area contributed by atoms with Crippen LogP contribution in [0.25, 0.3) is 0 Å². The van der Waals surface area contributed by atoms with Crippen molar-refractivity contribution in [3.8, 4) is 11.8 Å². The molecule has 2 rings (SSSR count). The predicted octanol–water partition coefficient (Wildman–Crippen LogP) is 2.62. The number of imidazole rings is 1. The quantitative estimate of drug-likeness (QED) is 0.847. The Hall–Kier alpha value is -2.05. The van der Waals surface area contributed by atoms with E-state index in [1.807, 2.05) is 30.6 Å². The minimum atomic E-state index is 0.108. The number of benzene rings is 1. The molecule has 3 heteroatoms. The van der Waals surface area contributed by atoms with Gasteiger partial charge in [0.05, 0.1) is 6.61 Å². The number of aryl methyl sites for hydroxylation is 1. The summed E-state index contributed by atoms with van der Waals surface area (Å²) in [6, 6.07) is 8.14. The molecule has 0 fully saturated rings. The van der Waals surface area contributed by atoms with Crippen LogP contribution in [-0.2, 0) is 13.0 Å². The maximum Gasteiger partial charge on any atom is 0.108 e. The van der Waals surface area contributed by atoms with Crippen molar-refractivity contribution in [3.63, 3.8) is 0 Å². The standard InChI is InChI=1S/C17H20N2O/c1-2-7-17-18-11-12-19(17)14-16-10-4-3-8-15(16)9-5-6-13-20/h3-4,8,10-12,20H,2,6-7,13-14H2,1H3. The molecule has 0 unspecified atom stereocenters. The molecule has 1 N–H and O–H groups in total. The second kappa shape index (κ2) is 7.52. The largest absolute Gasteiger partial charge is 0.395 e. The Morgan fingerprint density at radius 3 is 2.95 bits per heavy atom. The number of nitrogens with zero attached hydrogens (tertiary/aromatic N) is 2. The van der Waals surface area contributed by atoms with Crippen LogP contribution in [0.5, 0.6) is 0 Å². The monoisotopic (exact) mass is 268 g/mol. The second-order valence-electron chi connectivity index (χ2n) is 4.65. The summed E-state index contributed by atoms with van der Waals surface area (Å²) in [5, 5.41) is 8.80. The molecule has 2 aromatic rings. The van der Waals surface area contributed by atoms with E-state index in [2.05, 4.69) is 34.4 Å². The molecule has 20 heavy (non-hydrogen) atoms. The molecule has 0 aliphatic heterocycles. The van der Waals surface area contributed by atoms with Crippen LogP contribution in [0.1, 0.15) is 36.7 Å². The molecular weight excluding hydrogens is 248 g/mol. The van der Waals surface area contributed by atoms with Gasteiger partial charge in [-0.1, -0.05) is 37.0 Å². The number of hydrogen-bond donors (Lipinski definition) is 1. The Morgan fingerprint density at radius 2 is 2.15 bits per heavy atom. The minimum absolute atomic E-state index is 0.108. The van der Waals surface area contributed by atoms with Crippen LogP contribution in [0.2, 0.25) is 0 Å². The molecule has 0 bridgehead atoms. The van der Waals surface area contributed by atoms with Gasteiger partial charge >= 0.3 is 0 Å². The maximum absolute atomic E-state index is 8.80. The van der Waals surface area contributed by atoms with Crippen LogP contribution in [-0.4, -0.2) is 21.3 Å². The fourth-order valence-corrected chi connectivity index (χ4v) is 2.11. The van der Waals surface area contributed by atoms with Gasteiger partial charge in [0.15, 0.2) is 0 Å². The highest BCUT2D eigenvalue weighted by Crippen LogP contribution is 2.12. The van der Waals surface area contributed by atoms with Crippen molar-refractivity contribution in [3.05, 3.63) is 53.6 Å². The van der Waals surface area contributed by atoms with Gasteiger partial charge in [-0.2, -0.15) is 0 Å². The normalized spacial score (nSPS) is 10.1. The fraction of sp³-hybridized carbons (Fsp3) is 0.353.